The smallest absolute Gasteiger partial charge is 0.309 e. The molecular weight excluding hydrogens is 253 g/mol. The van der Waals surface area contributed by atoms with E-state index in [4.69, 9.17) is 0 Å². The highest BCUT2D eigenvalue weighted by molar-refractivity contribution is 5.28. The molecule has 1 rings (SSSR count). The van der Waals surface area contributed by atoms with Crippen LogP contribution in [-0.4, -0.2) is 32.1 Å². The minimum atomic E-state index is -4.29. The van der Waals surface area contributed by atoms with Gasteiger partial charge in [-0.3, -0.25) is 0 Å². The van der Waals surface area contributed by atoms with Crippen molar-refractivity contribution >= 4 is 0 Å². The molecule has 0 heterocycles. The first-order chi connectivity index (χ1) is 8.84. The van der Waals surface area contributed by atoms with E-state index in [0.717, 1.165) is 19.0 Å². The van der Waals surface area contributed by atoms with Gasteiger partial charge in [0, 0.05) is 12.6 Å². The Labute approximate surface area is 112 Å². The van der Waals surface area contributed by atoms with Crippen LogP contribution >= 0.6 is 0 Å². The molecular formula is C14H21F3N2. The normalized spacial score (nSPS) is 13.8. The van der Waals surface area contributed by atoms with Crippen molar-refractivity contribution in [2.75, 3.05) is 27.2 Å². The maximum atomic E-state index is 12.7. The lowest BCUT2D eigenvalue weighted by Crippen LogP contribution is -2.31. The van der Waals surface area contributed by atoms with Crippen LogP contribution in [0, 0.1) is 0 Å². The van der Waals surface area contributed by atoms with E-state index in [1.165, 1.54) is 12.1 Å². The number of rotatable bonds is 6. The first kappa shape index (κ1) is 16.0. The average molecular weight is 274 g/mol. The summed E-state index contributed by atoms with van der Waals surface area (Å²) in [5, 5.41) is 3.29. The van der Waals surface area contributed by atoms with Crippen molar-refractivity contribution in [2.24, 2.45) is 0 Å². The first-order valence-electron chi connectivity index (χ1n) is 6.40. The van der Waals surface area contributed by atoms with Gasteiger partial charge >= 0.3 is 6.18 Å². The van der Waals surface area contributed by atoms with Gasteiger partial charge in [-0.25, -0.2) is 0 Å². The van der Waals surface area contributed by atoms with Crippen molar-refractivity contribution in [3.8, 4) is 0 Å². The molecule has 0 saturated heterocycles. The summed E-state index contributed by atoms with van der Waals surface area (Å²) in [7, 11) is 3.82. The molecule has 0 aliphatic rings. The van der Waals surface area contributed by atoms with Gasteiger partial charge in [0.2, 0.25) is 0 Å². The summed E-state index contributed by atoms with van der Waals surface area (Å²) >= 11 is 0. The SMILES string of the molecule is CCCNC(CN(C)C)c1cccc(C(F)(F)F)c1. The van der Waals surface area contributed by atoms with Crippen LogP contribution in [0.15, 0.2) is 24.3 Å². The van der Waals surface area contributed by atoms with Crippen molar-refractivity contribution in [3.05, 3.63) is 35.4 Å². The third kappa shape index (κ3) is 5.20. The molecule has 2 nitrogen and oxygen atoms in total. The minimum Gasteiger partial charge on any atom is -0.309 e. The lowest BCUT2D eigenvalue weighted by Gasteiger charge is -2.23. The zero-order valence-corrected chi connectivity index (χ0v) is 11.6. The molecule has 1 aromatic carbocycles. The molecule has 1 unspecified atom stereocenters. The number of hydrogen-bond acceptors (Lipinski definition) is 2. The molecule has 0 amide bonds. The molecule has 1 aromatic rings. The molecule has 19 heavy (non-hydrogen) atoms. The molecule has 0 aliphatic heterocycles. The maximum absolute atomic E-state index is 12.7. The molecule has 0 spiro atoms. The van der Waals surface area contributed by atoms with Gasteiger partial charge < -0.3 is 10.2 Å². The number of nitrogens with one attached hydrogen (secondary N) is 1. The monoisotopic (exact) mass is 274 g/mol. The third-order valence-corrected chi connectivity index (χ3v) is 2.80. The summed E-state index contributed by atoms with van der Waals surface area (Å²) in [6.07, 6.45) is -3.34. The van der Waals surface area contributed by atoms with Crippen LogP contribution in [0.4, 0.5) is 13.2 Å². The highest BCUT2D eigenvalue weighted by atomic mass is 19.4. The number of hydrogen-bond donors (Lipinski definition) is 1. The minimum absolute atomic E-state index is 0.0859. The van der Waals surface area contributed by atoms with Crippen LogP contribution in [0.3, 0.4) is 0 Å². The molecule has 0 bridgehead atoms. The van der Waals surface area contributed by atoms with Gasteiger partial charge in [-0.15, -0.1) is 0 Å². The van der Waals surface area contributed by atoms with E-state index in [-0.39, 0.29) is 6.04 Å². The van der Waals surface area contributed by atoms with Gasteiger partial charge in [-0.2, -0.15) is 13.2 Å². The van der Waals surface area contributed by atoms with Gasteiger partial charge in [0.25, 0.3) is 0 Å². The van der Waals surface area contributed by atoms with Crippen LogP contribution in [0.5, 0.6) is 0 Å². The van der Waals surface area contributed by atoms with E-state index < -0.39 is 11.7 Å². The van der Waals surface area contributed by atoms with Crippen molar-refractivity contribution in [3.63, 3.8) is 0 Å². The third-order valence-electron chi connectivity index (χ3n) is 2.80. The van der Waals surface area contributed by atoms with Gasteiger partial charge in [0.1, 0.15) is 0 Å². The topological polar surface area (TPSA) is 15.3 Å². The van der Waals surface area contributed by atoms with Crippen LogP contribution < -0.4 is 5.32 Å². The van der Waals surface area contributed by atoms with Crippen LogP contribution in [0.2, 0.25) is 0 Å². The second kappa shape index (κ2) is 6.91. The maximum Gasteiger partial charge on any atom is 0.416 e. The largest absolute Gasteiger partial charge is 0.416 e. The van der Waals surface area contributed by atoms with E-state index in [1.807, 2.05) is 25.9 Å². The number of benzene rings is 1. The molecule has 0 aliphatic carbocycles. The van der Waals surface area contributed by atoms with Crippen molar-refractivity contribution in [2.45, 2.75) is 25.6 Å². The van der Waals surface area contributed by atoms with Crippen molar-refractivity contribution < 1.29 is 13.2 Å². The highest BCUT2D eigenvalue weighted by Gasteiger charge is 2.30. The van der Waals surface area contributed by atoms with Crippen LogP contribution in [-0.2, 0) is 6.18 Å². The highest BCUT2D eigenvalue weighted by Crippen LogP contribution is 2.30. The van der Waals surface area contributed by atoms with E-state index in [1.54, 1.807) is 6.07 Å². The van der Waals surface area contributed by atoms with Gasteiger partial charge in [-0.1, -0.05) is 19.1 Å². The summed E-state index contributed by atoms with van der Waals surface area (Å²) in [4.78, 5) is 1.97. The molecule has 5 heteroatoms. The molecule has 0 aromatic heterocycles. The molecule has 1 N–H and O–H groups in total. The lowest BCUT2D eigenvalue weighted by molar-refractivity contribution is -0.137. The first-order valence-corrected chi connectivity index (χ1v) is 6.40. The van der Waals surface area contributed by atoms with E-state index in [2.05, 4.69) is 5.32 Å². The Bertz CT molecular complexity index is 389. The number of likely N-dealkylation sites (N-methyl/N-ethyl adjacent to an activating group) is 1. The summed E-state index contributed by atoms with van der Waals surface area (Å²) < 4.78 is 38.1. The number of halogens is 3. The second-order valence-corrected chi connectivity index (χ2v) is 4.89. The lowest BCUT2D eigenvalue weighted by atomic mass is 10.0. The fourth-order valence-corrected chi connectivity index (χ4v) is 1.90. The summed E-state index contributed by atoms with van der Waals surface area (Å²) in [5.41, 5.74) is 0.0871. The molecule has 0 radical (unpaired) electrons. The Kier molecular flexibility index (Phi) is 5.82. The average Bonchev–Trinajstić information content (AvgIpc) is 2.33. The molecule has 0 fully saturated rings. The quantitative estimate of drug-likeness (QED) is 0.856. The van der Waals surface area contributed by atoms with Crippen LogP contribution in [0.25, 0.3) is 0 Å². The molecule has 0 saturated carbocycles. The predicted molar refractivity (Wildman–Crippen MR) is 71.0 cm³/mol. The summed E-state index contributed by atoms with van der Waals surface area (Å²) in [6, 6.07) is 5.46. The predicted octanol–water partition coefficient (Wildman–Crippen LogP) is 3.31. The Hall–Kier alpha value is -1.07. The Morgan fingerprint density at radius 1 is 1.26 bits per heavy atom. The Morgan fingerprint density at radius 2 is 1.95 bits per heavy atom. The van der Waals surface area contributed by atoms with E-state index in [0.29, 0.717) is 12.1 Å². The van der Waals surface area contributed by atoms with Crippen LogP contribution in [0.1, 0.15) is 30.5 Å². The fraction of sp³-hybridized carbons (Fsp3) is 0.571. The van der Waals surface area contributed by atoms with E-state index >= 15 is 0 Å². The summed E-state index contributed by atoms with van der Waals surface area (Å²) in [5.74, 6) is 0. The van der Waals surface area contributed by atoms with Crippen molar-refractivity contribution in [1.82, 2.24) is 10.2 Å². The van der Waals surface area contributed by atoms with Gasteiger partial charge in [0.15, 0.2) is 0 Å². The second-order valence-electron chi connectivity index (χ2n) is 4.89. The Morgan fingerprint density at radius 3 is 2.47 bits per heavy atom. The summed E-state index contributed by atoms with van der Waals surface area (Å²) in [6.45, 7) is 3.49. The van der Waals surface area contributed by atoms with Crippen molar-refractivity contribution in [1.29, 1.82) is 0 Å². The van der Waals surface area contributed by atoms with Gasteiger partial charge in [0.05, 0.1) is 5.56 Å². The Balaban J connectivity index is 2.94. The fourth-order valence-electron chi connectivity index (χ4n) is 1.90. The standard InChI is InChI=1S/C14H21F3N2/c1-4-8-18-13(10-19(2)3)11-6-5-7-12(9-11)14(15,16)17/h5-7,9,13,18H,4,8,10H2,1-3H3. The zero-order valence-electron chi connectivity index (χ0n) is 11.6. The molecule has 1 atom stereocenters. The van der Waals surface area contributed by atoms with E-state index in [9.17, 15) is 13.2 Å². The number of nitrogens with zero attached hydrogens (tertiary/aromatic N) is 1. The number of alkyl halides is 3. The molecule has 108 valence electrons. The zero-order chi connectivity index (χ0) is 14.5. The van der Waals surface area contributed by atoms with Gasteiger partial charge in [-0.05, 0) is 44.8 Å².